The SMILES string of the molecule is CNCCON=C1C(c2c(O)[nH]c3ccc(C)cc23)=Nc2ccccc21. The normalized spacial score (nSPS) is 14.7. The fourth-order valence-corrected chi connectivity index (χ4v) is 3.13. The lowest BCUT2D eigenvalue weighted by molar-refractivity contribution is 0.148. The number of oxime groups is 1. The smallest absolute Gasteiger partial charge is 0.199 e. The Balaban J connectivity index is 1.85. The molecule has 6 heteroatoms. The first-order chi connectivity index (χ1) is 12.7. The zero-order chi connectivity index (χ0) is 18.1. The second kappa shape index (κ2) is 6.65. The molecule has 0 aliphatic carbocycles. The molecule has 26 heavy (non-hydrogen) atoms. The summed E-state index contributed by atoms with van der Waals surface area (Å²) >= 11 is 0. The molecule has 2 aromatic carbocycles. The molecule has 0 bridgehead atoms. The van der Waals surface area contributed by atoms with E-state index in [9.17, 15) is 5.11 Å². The van der Waals surface area contributed by atoms with Gasteiger partial charge in [0.1, 0.15) is 18.0 Å². The molecule has 0 spiro atoms. The number of likely N-dealkylation sites (N-methyl/N-ethyl adjacent to an activating group) is 1. The number of aromatic amines is 1. The first-order valence-electron chi connectivity index (χ1n) is 8.53. The first kappa shape index (κ1) is 16.4. The van der Waals surface area contributed by atoms with Crippen LogP contribution in [0.3, 0.4) is 0 Å². The third-order valence-electron chi connectivity index (χ3n) is 4.39. The van der Waals surface area contributed by atoms with Crippen LogP contribution in [-0.4, -0.2) is 41.7 Å². The van der Waals surface area contributed by atoms with Gasteiger partial charge in [0.25, 0.3) is 0 Å². The quantitative estimate of drug-likeness (QED) is 0.489. The van der Waals surface area contributed by atoms with E-state index in [0.29, 0.717) is 30.1 Å². The molecule has 3 aromatic rings. The van der Waals surface area contributed by atoms with Crippen molar-refractivity contribution in [2.24, 2.45) is 10.1 Å². The maximum Gasteiger partial charge on any atom is 0.199 e. The van der Waals surface area contributed by atoms with Crippen molar-refractivity contribution in [3.63, 3.8) is 0 Å². The van der Waals surface area contributed by atoms with E-state index in [1.54, 1.807) is 0 Å². The maximum absolute atomic E-state index is 10.5. The molecular weight excluding hydrogens is 328 g/mol. The fraction of sp³-hybridized carbons (Fsp3) is 0.200. The molecule has 0 saturated carbocycles. The van der Waals surface area contributed by atoms with Gasteiger partial charge >= 0.3 is 0 Å². The van der Waals surface area contributed by atoms with E-state index in [-0.39, 0.29) is 5.88 Å². The Morgan fingerprint density at radius 1 is 1.23 bits per heavy atom. The van der Waals surface area contributed by atoms with Crippen LogP contribution in [0.1, 0.15) is 16.7 Å². The molecule has 0 radical (unpaired) electrons. The zero-order valence-electron chi connectivity index (χ0n) is 14.7. The number of benzene rings is 2. The summed E-state index contributed by atoms with van der Waals surface area (Å²) in [7, 11) is 1.86. The number of aliphatic imine (C=N–C) groups is 1. The Hall–Kier alpha value is -3.12. The van der Waals surface area contributed by atoms with Gasteiger partial charge in [0.05, 0.1) is 11.3 Å². The topological polar surface area (TPSA) is 82.0 Å². The van der Waals surface area contributed by atoms with E-state index < -0.39 is 0 Å². The van der Waals surface area contributed by atoms with Crippen LogP contribution in [-0.2, 0) is 4.84 Å². The summed E-state index contributed by atoms with van der Waals surface area (Å²) in [6.45, 7) is 3.17. The molecule has 0 fully saturated rings. The third kappa shape index (κ3) is 2.74. The van der Waals surface area contributed by atoms with E-state index in [1.165, 1.54) is 0 Å². The number of hydrogen-bond donors (Lipinski definition) is 3. The molecule has 1 aliphatic rings. The van der Waals surface area contributed by atoms with Gasteiger partial charge < -0.3 is 20.2 Å². The van der Waals surface area contributed by atoms with Gasteiger partial charge in [-0.2, -0.15) is 0 Å². The van der Waals surface area contributed by atoms with Crippen LogP contribution in [0.4, 0.5) is 5.69 Å². The van der Waals surface area contributed by atoms with Crippen molar-refractivity contribution in [2.45, 2.75) is 6.92 Å². The largest absolute Gasteiger partial charge is 0.494 e. The van der Waals surface area contributed by atoms with Gasteiger partial charge in [-0.15, -0.1) is 0 Å². The van der Waals surface area contributed by atoms with Crippen molar-refractivity contribution >= 4 is 28.0 Å². The monoisotopic (exact) mass is 348 g/mol. The van der Waals surface area contributed by atoms with Gasteiger partial charge in [-0.1, -0.05) is 35.0 Å². The highest BCUT2D eigenvalue weighted by Gasteiger charge is 2.29. The van der Waals surface area contributed by atoms with E-state index >= 15 is 0 Å². The van der Waals surface area contributed by atoms with Gasteiger partial charge in [-0.25, -0.2) is 4.99 Å². The Morgan fingerprint density at radius 2 is 2.08 bits per heavy atom. The maximum atomic E-state index is 10.5. The summed E-state index contributed by atoms with van der Waals surface area (Å²) in [5, 5.41) is 18.8. The van der Waals surface area contributed by atoms with Crippen LogP contribution >= 0.6 is 0 Å². The summed E-state index contributed by atoms with van der Waals surface area (Å²) in [6, 6.07) is 13.8. The molecule has 2 heterocycles. The lowest BCUT2D eigenvalue weighted by Crippen LogP contribution is -2.16. The molecule has 0 atom stereocenters. The molecule has 0 unspecified atom stereocenters. The van der Waals surface area contributed by atoms with Crippen molar-refractivity contribution in [1.29, 1.82) is 0 Å². The fourth-order valence-electron chi connectivity index (χ4n) is 3.13. The summed E-state index contributed by atoms with van der Waals surface area (Å²) in [6.07, 6.45) is 0. The van der Waals surface area contributed by atoms with E-state index in [4.69, 9.17) is 9.83 Å². The van der Waals surface area contributed by atoms with Crippen LogP contribution in [0.5, 0.6) is 5.88 Å². The van der Waals surface area contributed by atoms with E-state index in [1.807, 2.05) is 56.4 Å². The molecule has 6 nitrogen and oxygen atoms in total. The highest BCUT2D eigenvalue weighted by atomic mass is 16.6. The van der Waals surface area contributed by atoms with Crippen LogP contribution in [0.2, 0.25) is 0 Å². The minimum absolute atomic E-state index is 0.0834. The lowest BCUT2D eigenvalue weighted by Gasteiger charge is -2.05. The van der Waals surface area contributed by atoms with E-state index in [0.717, 1.165) is 27.7 Å². The lowest BCUT2D eigenvalue weighted by atomic mass is 10.0. The van der Waals surface area contributed by atoms with Gasteiger partial charge in [0.2, 0.25) is 0 Å². The number of hydrogen-bond acceptors (Lipinski definition) is 5. The van der Waals surface area contributed by atoms with Crippen molar-refractivity contribution in [2.75, 3.05) is 20.2 Å². The molecule has 4 rings (SSSR count). The number of aromatic hydroxyl groups is 1. The first-order valence-corrected chi connectivity index (χ1v) is 8.53. The average molecular weight is 348 g/mol. The number of fused-ring (bicyclic) bond motifs is 2. The molecule has 0 amide bonds. The van der Waals surface area contributed by atoms with E-state index in [2.05, 4.69) is 15.5 Å². The van der Waals surface area contributed by atoms with Gasteiger partial charge in [0, 0.05) is 23.0 Å². The molecule has 3 N–H and O–H groups in total. The van der Waals surface area contributed by atoms with Crippen molar-refractivity contribution < 1.29 is 9.94 Å². The number of aromatic nitrogens is 1. The van der Waals surface area contributed by atoms with Crippen LogP contribution in [0.25, 0.3) is 10.9 Å². The van der Waals surface area contributed by atoms with Gasteiger partial charge in [-0.05, 0) is 32.2 Å². The number of para-hydroxylation sites is 1. The van der Waals surface area contributed by atoms with Crippen LogP contribution < -0.4 is 5.32 Å². The van der Waals surface area contributed by atoms with Crippen molar-refractivity contribution in [1.82, 2.24) is 10.3 Å². The zero-order valence-corrected chi connectivity index (χ0v) is 14.7. The predicted molar refractivity (Wildman–Crippen MR) is 104 cm³/mol. The van der Waals surface area contributed by atoms with Gasteiger partial charge in [0.15, 0.2) is 5.88 Å². The number of rotatable bonds is 5. The molecule has 1 aliphatic heterocycles. The summed E-state index contributed by atoms with van der Waals surface area (Å²) in [5.74, 6) is 0.0834. The number of nitrogens with zero attached hydrogens (tertiary/aromatic N) is 2. The van der Waals surface area contributed by atoms with Gasteiger partial charge in [-0.3, -0.25) is 0 Å². The summed E-state index contributed by atoms with van der Waals surface area (Å²) in [5.41, 5.74) is 5.58. The molecular formula is C20H20N4O2. The average Bonchev–Trinajstić information content (AvgIpc) is 3.15. The van der Waals surface area contributed by atoms with Crippen molar-refractivity contribution in [3.05, 3.63) is 59.2 Å². The minimum Gasteiger partial charge on any atom is -0.494 e. The second-order valence-corrected chi connectivity index (χ2v) is 6.25. The Kier molecular flexibility index (Phi) is 4.18. The third-order valence-corrected chi connectivity index (χ3v) is 4.39. The Labute approximate surface area is 151 Å². The second-order valence-electron chi connectivity index (χ2n) is 6.25. The molecule has 132 valence electrons. The van der Waals surface area contributed by atoms with Crippen LogP contribution in [0, 0.1) is 6.92 Å². The predicted octanol–water partition coefficient (Wildman–Crippen LogP) is 3.26. The Morgan fingerprint density at radius 3 is 2.92 bits per heavy atom. The number of aryl methyl sites for hydroxylation is 1. The Bertz CT molecular complexity index is 1030. The highest BCUT2D eigenvalue weighted by Crippen LogP contribution is 2.35. The number of nitrogens with one attached hydrogen (secondary N) is 2. The summed E-state index contributed by atoms with van der Waals surface area (Å²) in [4.78, 5) is 13.2. The molecule has 0 saturated heterocycles. The van der Waals surface area contributed by atoms with Crippen LogP contribution in [0.15, 0.2) is 52.6 Å². The number of H-pyrrole nitrogens is 1. The molecule has 1 aromatic heterocycles. The summed E-state index contributed by atoms with van der Waals surface area (Å²) < 4.78 is 0. The van der Waals surface area contributed by atoms with Crippen molar-refractivity contribution in [3.8, 4) is 5.88 Å². The minimum atomic E-state index is 0.0834. The highest BCUT2D eigenvalue weighted by molar-refractivity contribution is 6.58. The standard InChI is InChI=1S/C20H20N4O2/c1-12-7-8-16-14(11-12)17(20(25)23-16)19-18(24-26-10-9-21-2)13-5-3-4-6-15(13)22-19/h3-8,11,21,23,25H,9-10H2,1-2H3.